The summed E-state index contributed by atoms with van der Waals surface area (Å²) in [7, 11) is 0. The molecule has 0 spiro atoms. The molecule has 1 aromatic carbocycles. The van der Waals surface area contributed by atoms with Crippen molar-refractivity contribution in [2.75, 3.05) is 25.4 Å². The summed E-state index contributed by atoms with van der Waals surface area (Å²) < 4.78 is 11.5. The second-order valence-electron chi connectivity index (χ2n) is 8.13. The van der Waals surface area contributed by atoms with Gasteiger partial charge in [-0.3, -0.25) is 4.79 Å². The maximum Gasteiger partial charge on any atom is 0.230 e. The third-order valence-corrected chi connectivity index (χ3v) is 6.72. The van der Waals surface area contributed by atoms with Crippen molar-refractivity contribution in [2.45, 2.75) is 42.7 Å². The van der Waals surface area contributed by atoms with Crippen LogP contribution < -0.4 is 5.32 Å². The average Bonchev–Trinajstić information content (AvgIpc) is 3.36. The number of ether oxygens (including phenoxy) is 2. The number of allylic oxidation sites excluding steroid dienone is 4. The maximum atomic E-state index is 12.7. The Morgan fingerprint density at radius 3 is 2.75 bits per heavy atom. The zero-order valence-electron chi connectivity index (χ0n) is 18.1. The number of likely N-dealkylation sites (tertiary alicyclic amines) is 1. The zero-order chi connectivity index (χ0) is 22.2. The summed E-state index contributed by atoms with van der Waals surface area (Å²) in [6.45, 7) is 2.51. The van der Waals surface area contributed by atoms with Crippen molar-refractivity contribution in [1.82, 2.24) is 10.2 Å². The number of hydrogen-bond donors (Lipinski definition) is 2. The van der Waals surface area contributed by atoms with Gasteiger partial charge in [0.1, 0.15) is 18.6 Å². The number of nitrogens with one attached hydrogen (secondary N) is 1. The Hall–Kier alpha value is -2.48. The van der Waals surface area contributed by atoms with E-state index in [1.165, 1.54) is 18.0 Å². The molecule has 0 bridgehead atoms. The number of amides is 1. The predicted octanol–water partition coefficient (Wildman–Crippen LogP) is 3.73. The van der Waals surface area contributed by atoms with Gasteiger partial charge in [0.15, 0.2) is 11.5 Å². The minimum atomic E-state index is -1.01. The van der Waals surface area contributed by atoms with Crippen molar-refractivity contribution in [1.29, 1.82) is 0 Å². The molecule has 0 aromatic heterocycles. The lowest BCUT2D eigenvalue weighted by Crippen LogP contribution is -2.51. The minimum Gasteiger partial charge on any atom is -0.465 e. The van der Waals surface area contributed by atoms with Gasteiger partial charge in [0, 0.05) is 11.4 Å². The molecule has 2 atom stereocenters. The molecule has 1 fully saturated rings. The van der Waals surface area contributed by atoms with Crippen molar-refractivity contribution in [3.63, 3.8) is 0 Å². The largest absolute Gasteiger partial charge is 0.465 e. The molecule has 2 N–H and O–H groups in total. The topological polar surface area (TPSA) is 71.0 Å². The van der Waals surface area contributed by atoms with E-state index in [2.05, 4.69) is 16.3 Å². The SMILES string of the molecule is O=C(CSc1ccccc1)N[C@H](CN1CCCC1)[C@@H](O)C1=COC=C(C2=CC=CCC2)O1. The lowest BCUT2D eigenvalue weighted by atomic mass is 10.0. The predicted molar refractivity (Wildman–Crippen MR) is 126 cm³/mol. The van der Waals surface area contributed by atoms with E-state index >= 15 is 0 Å². The van der Waals surface area contributed by atoms with Gasteiger partial charge in [0.05, 0.1) is 11.8 Å². The smallest absolute Gasteiger partial charge is 0.230 e. The van der Waals surface area contributed by atoms with Crippen molar-refractivity contribution < 1.29 is 19.4 Å². The number of nitrogens with zero attached hydrogens (tertiary/aromatic N) is 1. The summed E-state index contributed by atoms with van der Waals surface area (Å²) in [4.78, 5) is 16.0. The molecule has 0 saturated carbocycles. The molecule has 2 aliphatic heterocycles. The van der Waals surface area contributed by atoms with Gasteiger partial charge < -0.3 is 24.8 Å². The first-order valence-corrected chi connectivity index (χ1v) is 12.1. The van der Waals surface area contributed by atoms with E-state index in [9.17, 15) is 9.90 Å². The van der Waals surface area contributed by atoms with E-state index in [-0.39, 0.29) is 11.7 Å². The second kappa shape index (κ2) is 11.4. The third-order valence-electron chi connectivity index (χ3n) is 5.70. The van der Waals surface area contributed by atoms with E-state index in [4.69, 9.17) is 9.47 Å². The molecule has 2 heterocycles. The fraction of sp³-hybridized carbons (Fsp3) is 0.400. The number of benzene rings is 1. The van der Waals surface area contributed by atoms with Crippen LogP contribution in [0.3, 0.4) is 0 Å². The number of hydrogen-bond acceptors (Lipinski definition) is 6. The number of thioether (sulfide) groups is 1. The molecule has 3 aliphatic rings. The standard InChI is InChI=1S/C25H30N2O4S/c28-24(18-32-20-11-5-2-6-12-20)26-21(15-27-13-7-8-14-27)25(29)23-17-30-16-22(31-23)19-9-3-1-4-10-19/h1-3,5-6,9,11-12,16-17,21,25,29H,4,7-8,10,13-15,18H2,(H,26,28)/t21-,25-/m1/s1. The van der Waals surface area contributed by atoms with E-state index in [0.29, 0.717) is 18.1 Å². The highest BCUT2D eigenvalue weighted by molar-refractivity contribution is 8.00. The Balaban J connectivity index is 1.39. The number of carbonyl (C=O) groups excluding carboxylic acids is 1. The first-order chi connectivity index (χ1) is 15.7. The quantitative estimate of drug-likeness (QED) is 0.554. The molecule has 32 heavy (non-hydrogen) atoms. The minimum absolute atomic E-state index is 0.115. The molecule has 170 valence electrons. The van der Waals surface area contributed by atoms with Crippen molar-refractivity contribution in [3.05, 3.63) is 78.2 Å². The van der Waals surface area contributed by atoms with Crippen molar-refractivity contribution in [3.8, 4) is 0 Å². The lowest BCUT2D eigenvalue weighted by Gasteiger charge is -2.30. The Morgan fingerprint density at radius 2 is 2.00 bits per heavy atom. The molecule has 0 unspecified atom stereocenters. The van der Waals surface area contributed by atoms with Crippen LogP contribution >= 0.6 is 11.8 Å². The summed E-state index contributed by atoms with van der Waals surface area (Å²) in [6, 6.07) is 9.33. The summed E-state index contributed by atoms with van der Waals surface area (Å²) in [5.74, 6) is 1.10. The molecular formula is C25H30N2O4S. The monoisotopic (exact) mass is 454 g/mol. The highest BCUT2D eigenvalue weighted by Gasteiger charge is 2.31. The van der Waals surface area contributed by atoms with Crippen LogP contribution in [0.4, 0.5) is 0 Å². The fourth-order valence-corrected chi connectivity index (χ4v) is 4.73. The molecule has 4 rings (SSSR count). The summed E-state index contributed by atoms with van der Waals surface area (Å²) in [5.41, 5.74) is 1.03. The number of rotatable bonds is 9. The number of aliphatic hydroxyl groups is 1. The molecular weight excluding hydrogens is 424 g/mol. The van der Waals surface area contributed by atoms with E-state index < -0.39 is 12.1 Å². The van der Waals surface area contributed by atoms with E-state index in [1.54, 1.807) is 6.26 Å². The van der Waals surface area contributed by atoms with Crippen LogP contribution in [0, 0.1) is 0 Å². The molecule has 1 aromatic rings. The molecule has 1 aliphatic carbocycles. The van der Waals surface area contributed by atoms with Crippen molar-refractivity contribution in [2.24, 2.45) is 0 Å². The Labute approximate surface area is 193 Å². The van der Waals surface area contributed by atoms with Gasteiger partial charge in [-0.15, -0.1) is 11.8 Å². The zero-order valence-corrected chi connectivity index (χ0v) is 18.9. The molecule has 0 radical (unpaired) electrons. The van der Waals surface area contributed by atoms with E-state index in [0.717, 1.165) is 49.2 Å². The number of aliphatic hydroxyl groups excluding tert-OH is 1. The molecule has 1 saturated heterocycles. The molecule has 7 heteroatoms. The Kier molecular flexibility index (Phi) is 8.09. The maximum absolute atomic E-state index is 12.7. The van der Waals surface area contributed by atoms with Gasteiger partial charge in [0.25, 0.3) is 0 Å². The van der Waals surface area contributed by atoms with Crippen LogP contribution in [0.1, 0.15) is 25.7 Å². The van der Waals surface area contributed by atoms with E-state index in [1.807, 2.05) is 42.5 Å². The first kappa shape index (κ1) is 22.7. The average molecular weight is 455 g/mol. The van der Waals surface area contributed by atoms with Gasteiger partial charge >= 0.3 is 0 Å². The first-order valence-electron chi connectivity index (χ1n) is 11.2. The lowest BCUT2D eigenvalue weighted by molar-refractivity contribution is -0.120. The Bertz CT molecular complexity index is 904. The van der Waals surface area contributed by atoms with Crippen LogP contribution in [-0.4, -0.2) is 53.4 Å². The van der Waals surface area contributed by atoms with Crippen LogP contribution in [0.5, 0.6) is 0 Å². The van der Waals surface area contributed by atoms with Crippen LogP contribution in [-0.2, 0) is 14.3 Å². The normalized spacial score (nSPS) is 20.3. The fourth-order valence-electron chi connectivity index (χ4n) is 4.00. The summed E-state index contributed by atoms with van der Waals surface area (Å²) >= 11 is 1.48. The van der Waals surface area contributed by atoms with Gasteiger partial charge in [-0.05, 0) is 56.5 Å². The van der Waals surface area contributed by atoms with Crippen LogP contribution in [0.25, 0.3) is 0 Å². The van der Waals surface area contributed by atoms with Gasteiger partial charge in [-0.2, -0.15) is 0 Å². The molecule has 6 nitrogen and oxygen atoms in total. The Morgan fingerprint density at radius 1 is 1.19 bits per heavy atom. The van der Waals surface area contributed by atoms with Crippen molar-refractivity contribution >= 4 is 17.7 Å². The summed E-state index contributed by atoms with van der Waals surface area (Å²) in [5, 5.41) is 14.2. The van der Waals surface area contributed by atoms with Gasteiger partial charge in [0.2, 0.25) is 5.91 Å². The summed E-state index contributed by atoms with van der Waals surface area (Å²) in [6.07, 6.45) is 12.2. The highest BCUT2D eigenvalue weighted by atomic mass is 32.2. The molecule has 1 amide bonds. The second-order valence-corrected chi connectivity index (χ2v) is 9.18. The van der Waals surface area contributed by atoms with Crippen LogP contribution in [0.15, 0.2) is 83.1 Å². The van der Waals surface area contributed by atoms with Gasteiger partial charge in [-0.25, -0.2) is 0 Å². The highest BCUT2D eigenvalue weighted by Crippen LogP contribution is 2.28. The third kappa shape index (κ3) is 6.28. The van der Waals surface area contributed by atoms with Gasteiger partial charge in [-0.1, -0.05) is 36.4 Å². The number of carbonyl (C=O) groups is 1. The van der Waals surface area contributed by atoms with Crippen LogP contribution in [0.2, 0.25) is 0 Å².